The molecule has 18 heavy (non-hydrogen) atoms. The van der Waals surface area contributed by atoms with Crippen LogP contribution in [0.5, 0.6) is 0 Å². The zero-order valence-electron chi connectivity index (χ0n) is 10.8. The Bertz CT molecular complexity index is 629. The molecule has 94 valence electrons. The van der Waals surface area contributed by atoms with Crippen molar-refractivity contribution in [3.05, 3.63) is 34.7 Å². The first-order chi connectivity index (χ1) is 8.66. The third kappa shape index (κ3) is 1.85. The third-order valence-electron chi connectivity index (χ3n) is 3.98. The van der Waals surface area contributed by atoms with Gasteiger partial charge in [0.15, 0.2) is 0 Å². The largest absolute Gasteiger partial charge is 0.349 e. The predicted molar refractivity (Wildman–Crippen MR) is 76.8 cm³/mol. The molecule has 2 heterocycles. The summed E-state index contributed by atoms with van der Waals surface area (Å²) in [5.74, 6) is 0. The lowest BCUT2D eigenvalue weighted by molar-refractivity contribution is 0.886. The van der Waals surface area contributed by atoms with Gasteiger partial charge in [-0.15, -0.1) is 0 Å². The number of hydrogen-bond donors (Lipinski definition) is 0. The molecule has 0 radical (unpaired) electrons. The topological polar surface area (TPSA) is 17.8 Å². The molecule has 1 aliphatic rings. The molecule has 0 aromatic carbocycles. The van der Waals surface area contributed by atoms with Gasteiger partial charge in [0.05, 0.1) is 11.7 Å². The minimum atomic E-state index is 0.569. The van der Waals surface area contributed by atoms with E-state index in [0.29, 0.717) is 5.15 Å². The molecular weight excluding hydrogens is 244 g/mol. The van der Waals surface area contributed by atoms with Crippen molar-refractivity contribution in [2.75, 3.05) is 0 Å². The summed E-state index contributed by atoms with van der Waals surface area (Å²) in [6.07, 6.45) is 9.22. The van der Waals surface area contributed by atoms with Gasteiger partial charge in [0.25, 0.3) is 0 Å². The van der Waals surface area contributed by atoms with Crippen molar-refractivity contribution in [1.29, 1.82) is 0 Å². The maximum absolute atomic E-state index is 6.03. The third-order valence-corrected chi connectivity index (χ3v) is 4.19. The lowest BCUT2D eigenvalue weighted by Crippen LogP contribution is -1.84. The van der Waals surface area contributed by atoms with Crippen LogP contribution in [-0.4, -0.2) is 9.55 Å². The summed E-state index contributed by atoms with van der Waals surface area (Å²) in [6.45, 7) is 2.24. The second-order valence-corrected chi connectivity index (χ2v) is 5.50. The van der Waals surface area contributed by atoms with Crippen LogP contribution in [-0.2, 0) is 7.05 Å². The van der Waals surface area contributed by atoms with Gasteiger partial charge in [0.2, 0.25) is 0 Å². The molecule has 0 bridgehead atoms. The summed E-state index contributed by atoms with van der Waals surface area (Å²) in [5, 5.41) is 1.79. The zero-order chi connectivity index (χ0) is 12.7. The Morgan fingerprint density at radius 1 is 1.33 bits per heavy atom. The van der Waals surface area contributed by atoms with Crippen LogP contribution >= 0.6 is 11.6 Å². The van der Waals surface area contributed by atoms with Crippen LogP contribution in [0.2, 0.25) is 5.15 Å². The zero-order valence-corrected chi connectivity index (χ0v) is 11.6. The summed E-state index contributed by atoms with van der Waals surface area (Å²) in [6, 6.07) is 1.98. The minimum absolute atomic E-state index is 0.569. The molecule has 3 rings (SSSR count). The summed E-state index contributed by atoms with van der Waals surface area (Å²) >= 11 is 6.03. The molecule has 1 saturated carbocycles. The molecule has 0 spiro atoms. The van der Waals surface area contributed by atoms with E-state index >= 15 is 0 Å². The Hall–Kier alpha value is -1.28. The molecule has 2 aromatic heterocycles. The summed E-state index contributed by atoms with van der Waals surface area (Å²) in [4.78, 5) is 4.17. The van der Waals surface area contributed by atoms with Crippen LogP contribution in [0.15, 0.2) is 24.0 Å². The van der Waals surface area contributed by atoms with Gasteiger partial charge in [-0.3, -0.25) is 0 Å². The maximum Gasteiger partial charge on any atom is 0.129 e. The minimum Gasteiger partial charge on any atom is -0.349 e. The SMILES string of the molecule is CC(=C1CCCC1)c1cn(C)c2cnc(Cl)cc12. The highest BCUT2D eigenvalue weighted by Crippen LogP contribution is 2.35. The van der Waals surface area contributed by atoms with E-state index in [9.17, 15) is 0 Å². The predicted octanol–water partition coefficient (Wildman–Crippen LogP) is 4.57. The van der Waals surface area contributed by atoms with E-state index in [2.05, 4.69) is 29.7 Å². The van der Waals surface area contributed by atoms with Gasteiger partial charge in [-0.1, -0.05) is 17.2 Å². The second-order valence-electron chi connectivity index (χ2n) is 5.11. The maximum atomic E-state index is 6.03. The number of allylic oxidation sites excluding steroid dienone is 2. The molecular formula is C15H17ClN2. The van der Waals surface area contributed by atoms with Gasteiger partial charge in [-0.05, 0) is 44.2 Å². The van der Waals surface area contributed by atoms with Crippen LogP contribution in [0, 0.1) is 0 Å². The van der Waals surface area contributed by atoms with Crippen molar-refractivity contribution in [2.24, 2.45) is 7.05 Å². The number of nitrogens with zero attached hydrogens (tertiary/aromatic N) is 2. The first-order valence-corrected chi connectivity index (χ1v) is 6.84. The fourth-order valence-electron chi connectivity index (χ4n) is 2.92. The number of aryl methyl sites for hydroxylation is 1. The highest BCUT2D eigenvalue weighted by molar-refractivity contribution is 6.30. The normalized spacial score (nSPS) is 15.6. The summed E-state index contributed by atoms with van der Waals surface area (Å²) in [5.41, 5.74) is 5.50. The number of rotatable bonds is 1. The Morgan fingerprint density at radius 3 is 2.78 bits per heavy atom. The molecule has 2 nitrogen and oxygen atoms in total. The van der Waals surface area contributed by atoms with Crippen molar-refractivity contribution in [1.82, 2.24) is 9.55 Å². The van der Waals surface area contributed by atoms with Crippen LogP contribution in [0.25, 0.3) is 16.5 Å². The summed E-state index contributed by atoms with van der Waals surface area (Å²) < 4.78 is 2.13. The van der Waals surface area contributed by atoms with Crippen molar-refractivity contribution in [3.63, 3.8) is 0 Å². The Morgan fingerprint density at radius 2 is 2.06 bits per heavy atom. The molecule has 0 aliphatic heterocycles. The molecule has 0 N–H and O–H groups in total. The van der Waals surface area contributed by atoms with Gasteiger partial charge in [0, 0.05) is 24.2 Å². The van der Waals surface area contributed by atoms with E-state index in [4.69, 9.17) is 11.6 Å². The molecule has 0 saturated heterocycles. The van der Waals surface area contributed by atoms with Crippen LogP contribution in [0.3, 0.4) is 0 Å². The van der Waals surface area contributed by atoms with E-state index in [0.717, 1.165) is 5.52 Å². The quantitative estimate of drug-likeness (QED) is 0.687. The van der Waals surface area contributed by atoms with Gasteiger partial charge in [0.1, 0.15) is 5.15 Å². The van der Waals surface area contributed by atoms with Crippen molar-refractivity contribution in [3.8, 4) is 0 Å². The average Bonchev–Trinajstić information content (AvgIpc) is 2.97. The van der Waals surface area contributed by atoms with Crippen LogP contribution < -0.4 is 0 Å². The first kappa shape index (κ1) is 11.8. The van der Waals surface area contributed by atoms with Gasteiger partial charge >= 0.3 is 0 Å². The highest BCUT2D eigenvalue weighted by Gasteiger charge is 2.15. The Kier molecular flexibility index (Phi) is 2.90. The van der Waals surface area contributed by atoms with Crippen molar-refractivity contribution in [2.45, 2.75) is 32.6 Å². The Labute approximate surface area is 112 Å². The van der Waals surface area contributed by atoms with E-state index in [-0.39, 0.29) is 0 Å². The molecule has 1 aliphatic carbocycles. The Balaban J connectivity index is 2.23. The average molecular weight is 261 g/mol. The molecule has 1 fully saturated rings. The van der Waals surface area contributed by atoms with E-state index < -0.39 is 0 Å². The fourth-order valence-corrected chi connectivity index (χ4v) is 3.08. The van der Waals surface area contributed by atoms with Crippen molar-refractivity contribution >= 4 is 28.1 Å². The monoisotopic (exact) mass is 260 g/mol. The second kappa shape index (κ2) is 4.43. The van der Waals surface area contributed by atoms with Crippen LogP contribution in [0.1, 0.15) is 38.2 Å². The van der Waals surface area contributed by atoms with E-state index in [1.165, 1.54) is 42.2 Å². The van der Waals surface area contributed by atoms with E-state index in [1.54, 1.807) is 5.57 Å². The lowest BCUT2D eigenvalue weighted by atomic mass is 10.0. The molecule has 2 aromatic rings. The van der Waals surface area contributed by atoms with E-state index in [1.807, 2.05) is 12.3 Å². The first-order valence-electron chi connectivity index (χ1n) is 6.46. The number of hydrogen-bond acceptors (Lipinski definition) is 1. The standard InChI is InChI=1S/C15H17ClN2/c1-10(11-5-3-4-6-11)13-9-18(2)14-8-17-15(16)7-12(13)14/h7-9H,3-6H2,1-2H3. The molecule has 0 amide bonds. The lowest BCUT2D eigenvalue weighted by Gasteiger charge is -2.05. The molecule has 0 atom stereocenters. The highest BCUT2D eigenvalue weighted by atomic mass is 35.5. The van der Waals surface area contributed by atoms with Crippen molar-refractivity contribution < 1.29 is 0 Å². The summed E-state index contributed by atoms with van der Waals surface area (Å²) in [7, 11) is 2.06. The van der Waals surface area contributed by atoms with Gasteiger partial charge in [-0.2, -0.15) is 0 Å². The number of fused-ring (bicyclic) bond motifs is 1. The number of halogens is 1. The molecule has 0 unspecified atom stereocenters. The van der Waals surface area contributed by atoms with Crippen LogP contribution in [0.4, 0.5) is 0 Å². The fraction of sp³-hybridized carbons (Fsp3) is 0.400. The number of aromatic nitrogens is 2. The molecule has 3 heteroatoms. The number of pyridine rings is 1. The smallest absolute Gasteiger partial charge is 0.129 e. The van der Waals surface area contributed by atoms with Gasteiger partial charge in [-0.25, -0.2) is 4.98 Å². The van der Waals surface area contributed by atoms with Gasteiger partial charge < -0.3 is 4.57 Å².